The molecule has 4 aromatic carbocycles. The first-order chi connectivity index (χ1) is 61.4. The van der Waals surface area contributed by atoms with Crippen LogP contribution in [0.1, 0.15) is 67.3 Å². The number of nitrogens with one attached hydrogen (secondary N) is 4. The fourth-order valence-corrected chi connectivity index (χ4v) is 17.3. The van der Waals surface area contributed by atoms with Crippen LogP contribution in [-0.2, 0) is 87.2 Å². The number of nitrogens with zero attached hydrogens (tertiary/aromatic N) is 3. The Morgan fingerprint density at radius 3 is 0.859 bits per heavy atom. The van der Waals surface area contributed by atoms with Gasteiger partial charge >= 0.3 is 7.82 Å². The Morgan fingerprint density at radius 2 is 0.586 bits per heavy atom. The van der Waals surface area contributed by atoms with Crippen molar-refractivity contribution >= 4 is 30.1 Å². The maximum atomic E-state index is 14.2. The molecule has 21 atom stereocenters. The number of aliphatic hydroxyl groups is 16. The van der Waals surface area contributed by atoms with E-state index in [0.717, 1.165) is 114 Å². The van der Waals surface area contributed by atoms with E-state index >= 15 is 0 Å². The van der Waals surface area contributed by atoms with Crippen LogP contribution in [0, 0.1) is 17.8 Å². The molecule has 5 aliphatic rings. The first kappa shape index (κ1) is 97.9. The van der Waals surface area contributed by atoms with Crippen LogP contribution in [-0.4, -0.2) is 372 Å². The van der Waals surface area contributed by atoms with Gasteiger partial charge in [-0.2, -0.15) is 0 Å². The van der Waals surface area contributed by atoms with E-state index in [1.54, 1.807) is 0 Å². The largest absolute Gasteiger partial charge is 0.472 e. The van der Waals surface area contributed by atoms with Crippen molar-refractivity contribution in [1.82, 2.24) is 34.6 Å². The Labute approximate surface area is 738 Å². The number of rotatable bonds is 40. The van der Waals surface area contributed by atoms with Gasteiger partial charge in [-0.15, -0.1) is 0 Å². The molecule has 37 nitrogen and oxygen atoms in total. The van der Waals surface area contributed by atoms with Gasteiger partial charge in [-0.05, 0) is 141 Å². The van der Waals surface area contributed by atoms with Crippen LogP contribution in [0.4, 0.5) is 0 Å². The Kier molecular flexibility index (Phi) is 34.3. The number of ether oxygens (including phenoxy) is 10. The summed E-state index contributed by atoms with van der Waals surface area (Å²) in [5, 5.41) is 174. The van der Waals surface area contributed by atoms with Gasteiger partial charge in [-0.1, -0.05) is 97.1 Å². The molecule has 0 radical (unpaired) electrons. The van der Waals surface area contributed by atoms with E-state index in [0.29, 0.717) is 0 Å². The van der Waals surface area contributed by atoms with E-state index in [9.17, 15) is 91.2 Å². The molecule has 21 unspecified atom stereocenters. The molecule has 128 heavy (non-hydrogen) atoms. The van der Waals surface area contributed by atoms with Gasteiger partial charge in [0, 0.05) is 97.9 Å². The smallest absolute Gasteiger partial charge is 0.394 e. The summed E-state index contributed by atoms with van der Waals surface area (Å²) in [6, 6.07) is 51.1. The van der Waals surface area contributed by atoms with Crippen molar-refractivity contribution < 1.29 is 148 Å². The Hall–Kier alpha value is -7.57. The highest BCUT2D eigenvalue weighted by Crippen LogP contribution is 2.45. The van der Waals surface area contributed by atoms with E-state index in [1.807, 2.05) is 52.5 Å². The summed E-state index contributed by atoms with van der Waals surface area (Å²) in [4.78, 5) is 33.5. The molecule has 0 saturated carbocycles. The molecule has 21 N–H and O–H groups in total. The van der Waals surface area contributed by atoms with Crippen molar-refractivity contribution in [3.8, 4) is 0 Å². The maximum Gasteiger partial charge on any atom is 0.472 e. The molecular formula is C90H120N7O30P. The number of phosphoric ester groups is 1. The number of aliphatic hydroxyl groups excluding tert-OH is 16. The number of hydrogen-bond donors (Lipinski definition) is 21. The van der Waals surface area contributed by atoms with Crippen LogP contribution in [0.25, 0.3) is 22.3 Å². The molecule has 4 fully saturated rings. The van der Waals surface area contributed by atoms with Crippen LogP contribution >= 0.6 is 7.82 Å². The van der Waals surface area contributed by atoms with E-state index < -0.39 is 214 Å². The number of aromatic amines is 4. The number of fused-ring (bicyclic) bond motifs is 8. The lowest BCUT2D eigenvalue weighted by Gasteiger charge is -2.43. The highest BCUT2D eigenvalue weighted by molar-refractivity contribution is 7.47. The zero-order valence-electron chi connectivity index (χ0n) is 71.9. The molecule has 8 bridgehead atoms. The average Bonchev–Trinajstić information content (AvgIpc) is 1.61. The predicted octanol–water partition coefficient (Wildman–Crippen LogP) is -3.73. The van der Waals surface area contributed by atoms with Gasteiger partial charge in [0.25, 0.3) is 0 Å². The fourth-order valence-electron chi connectivity index (χ4n) is 16.5. The number of phosphoric acid groups is 1. The molecule has 38 heteroatoms. The summed E-state index contributed by atoms with van der Waals surface area (Å²) in [6.07, 6.45) is -37.2. The standard InChI is InChI=1S/C90H120N7O30P/c1-95(2)35-48-7-15-52(16-8-48)71-59-23-25-61(91-59)72(53-17-9-49(10-18-53)36-96(3)4)63-27-29-65(93-63)74(66-30-28-64(94-66)73(62-26-24-60(71)92-62)54-19-11-50(12-20-54)37-97(5)6)55-21-13-51(14-22-55)42-117-32-31-116-33-34-122-128(114,115)123-47-58(56(43-118-87-83(110)79(106)75(102)67(38-98)124-87)44-119-88-84(111)80(107)76(103)68(39-99)125-88)57(45-120-89-85(112)81(108)77(104)69(40-100)126-89)46-121-90-86(113)82(109)78(105)70(41-101)127-90/h7-30,56-58,67-70,75-94,98-113H,31-47H2,1-6H3,(H,114,115). The summed E-state index contributed by atoms with van der Waals surface area (Å²) in [5.74, 6) is -4.52. The molecule has 0 aliphatic carbocycles. The first-order valence-electron chi connectivity index (χ1n) is 42.5. The highest BCUT2D eigenvalue weighted by Gasteiger charge is 2.50. The summed E-state index contributed by atoms with van der Waals surface area (Å²) < 4.78 is 83.8. The van der Waals surface area contributed by atoms with Gasteiger partial charge < -0.3 is 169 Å². The van der Waals surface area contributed by atoms with Gasteiger partial charge in [-0.25, -0.2) is 4.57 Å². The van der Waals surface area contributed by atoms with Crippen molar-refractivity contribution in [3.63, 3.8) is 0 Å². The molecule has 700 valence electrons. The van der Waals surface area contributed by atoms with E-state index in [2.05, 4.69) is 170 Å². The summed E-state index contributed by atoms with van der Waals surface area (Å²) in [5.41, 5.74) is 15.6. The minimum absolute atomic E-state index is 0.0337. The SMILES string of the molecule is CN(C)Cc1ccc(C2=c3ccc([nH]3)=C(c3ccc(COCCOCCOP(=O)(O)OCC(C(COC4OC(CO)C(O)C(O)C4O)COC4OC(CO)C(O)C(O)C4O)C(COC4OC(CO)C(O)C(O)C4O)COC4OC(CO)C(O)C(O)C4O)cc3)c3ccc([nH]3)C(c3ccc(CN(C)C)cc3)=c3ccc([nH]3)=C(c3ccc(CN(C)C)cc3)c3ccc2[nH]3)cc1. The van der Waals surface area contributed by atoms with Crippen LogP contribution in [0.15, 0.2) is 146 Å². The van der Waals surface area contributed by atoms with Crippen molar-refractivity contribution in [3.05, 3.63) is 234 Å². The van der Waals surface area contributed by atoms with Gasteiger partial charge in [0.15, 0.2) is 25.2 Å². The van der Waals surface area contributed by atoms with Crippen molar-refractivity contribution in [2.45, 2.75) is 149 Å². The quantitative estimate of drug-likeness (QED) is 0.0130. The topological polar surface area (TPSA) is 545 Å². The minimum Gasteiger partial charge on any atom is -0.394 e. The lowest BCUT2D eigenvalue weighted by molar-refractivity contribution is -0.319. The average molecular weight is 1810 g/mol. The predicted molar refractivity (Wildman–Crippen MR) is 458 cm³/mol. The molecule has 4 saturated heterocycles. The van der Waals surface area contributed by atoms with Crippen LogP contribution in [0.3, 0.4) is 0 Å². The van der Waals surface area contributed by atoms with E-state index in [4.69, 9.17) is 56.4 Å². The first-order valence-corrected chi connectivity index (χ1v) is 44.0. The van der Waals surface area contributed by atoms with Crippen LogP contribution in [0.2, 0.25) is 0 Å². The van der Waals surface area contributed by atoms with Crippen molar-refractivity contribution in [1.29, 1.82) is 0 Å². The lowest BCUT2D eigenvalue weighted by Crippen LogP contribution is -2.60. The Bertz CT molecular complexity index is 4980. The molecular weight excluding hydrogens is 1690 g/mol. The summed E-state index contributed by atoms with van der Waals surface area (Å²) in [6.45, 7) is -6.25. The summed E-state index contributed by atoms with van der Waals surface area (Å²) in [7, 11) is 7.03. The molecule has 13 rings (SSSR count). The second-order valence-corrected chi connectivity index (χ2v) is 35.2. The van der Waals surface area contributed by atoms with Crippen molar-refractivity contribution in [2.75, 3.05) is 128 Å². The van der Waals surface area contributed by atoms with E-state index in [-0.39, 0.29) is 26.4 Å². The van der Waals surface area contributed by atoms with Gasteiger partial charge in [-0.3, -0.25) is 9.05 Å². The lowest BCUT2D eigenvalue weighted by atomic mass is 9.83. The maximum absolute atomic E-state index is 14.2. The van der Waals surface area contributed by atoms with E-state index in [1.165, 1.54) is 16.7 Å². The highest BCUT2D eigenvalue weighted by atomic mass is 31.2. The van der Waals surface area contributed by atoms with Gasteiger partial charge in [0.1, 0.15) is 97.7 Å². The third-order valence-electron chi connectivity index (χ3n) is 23.4. The summed E-state index contributed by atoms with van der Waals surface area (Å²) >= 11 is 0. The third-order valence-corrected chi connectivity index (χ3v) is 24.4. The molecule has 4 aromatic heterocycles. The number of aromatic nitrogens is 4. The number of benzene rings is 4. The second kappa shape index (κ2) is 44.8. The monoisotopic (exact) mass is 1810 g/mol. The van der Waals surface area contributed by atoms with Crippen molar-refractivity contribution in [2.24, 2.45) is 17.8 Å². The number of H-pyrrole nitrogens is 4. The normalized spacial score (nSPS) is 28.3. The Morgan fingerprint density at radius 1 is 0.320 bits per heavy atom. The molecule has 9 heterocycles. The zero-order valence-corrected chi connectivity index (χ0v) is 72.7. The Balaban J connectivity index is 0.744. The molecule has 0 spiro atoms. The van der Waals surface area contributed by atoms with Crippen LogP contribution < -0.4 is 21.4 Å². The van der Waals surface area contributed by atoms with Gasteiger partial charge in [0.05, 0.1) is 92.5 Å². The molecule has 0 amide bonds. The number of hydrogen-bond acceptors (Lipinski definition) is 32. The second-order valence-electron chi connectivity index (χ2n) is 33.7. The fraction of sp³-hybridized carbons (Fsp3) is 0.511. The van der Waals surface area contributed by atoms with Crippen LogP contribution in [0.5, 0.6) is 0 Å². The molecule has 5 aliphatic heterocycles. The minimum atomic E-state index is -5.29. The zero-order chi connectivity index (χ0) is 91.4. The molecule has 8 aromatic rings. The van der Waals surface area contributed by atoms with Gasteiger partial charge in [0.2, 0.25) is 0 Å². The third kappa shape index (κ3) is 23.7.